The van der Waals surface area contributed by atoms with Crippen molar-refractivity contribution in [2.75, 3.05) is 20.3 Å². The Morgan fingerprint density at radius 2 is 2.11 bits per heavy atom. The van der Waals surface area contributed by atoms with E-state index in [-0.39, 0.29) is 12.5 Å². The maximum atomic E-state index is 11.8. The minimum atomic E-state index is -0.622. The molecule has 5 nitrogen and oxygen atoms in total. The van der Waals surface area contributed by atoms with Crippen molar-refractivity contribution < 1.29 is 14.6 Å². The van der Waals surface area contributed by atoms with Gasteiger partial charge in [-0.3, -0.25) is 4.79 Å². The van der Waals surface area contributed by atoms with Crippen LogP contribution in [0.3, 0.4) is 0 Å². The van der Waals surface area contributed by atoms with E-state index in [4.69, 9.17) is 10.5 Å². The van der Waals surface area contributed by atoms with Crippen LogP contribution in [0, 0.1) is 0 Å². The molecule has 0 aliphatic heterocycles. The first kappa shape index (κ1) is 14.6. The van der Waals surface area contributed by atoms with Gasteiger partial charge in [-0.1, -0.05) is 30.3 Å². The summed E-state index contributed by atoms with van der Waals surface area (Å²) in [6, 6.07) is 8.24. The van der Waals surface area contributed by atoms with E-state index in [9.17, 15) is 9.90 Å². The molecular formula is C13H20N2O3. The second-order valence-electron chi connectivity index (χ2n) is 4.04. The quantitative estimate of drug-likeness (QED) is 0.647. The number of rotatable bonds is 7. The maximum Gasteiger partial charge on any atom is 0.237 e. The number of aliphatic hydroxyl groups is 1. The van der Waals surface area contributed by atoms with Crippen molar-refractivity contribution in [3.8, 4) is 0 Å². The van der Waals surface area contributed by atoms with Crippen molar-refractivity contribution in [2.45, 2.75) is 18.5 Å². The summed E-state index contributed by atoms with van der Waals surface area (Å²) in [5.41, 5.74) is 6.56. The second-order valence-corrected chi connectivity index (χ2v) is 4.04. The Morgan fingerprint density at radius 3 is 2.67 bits per heavy atom. The Morgan fingerprint density at radius 1 is 1.44 bits per heavy atom. The van der Waals surface area contributed by atoms with Gasteiger partial charge in [0, 0.05) is 13.7 Å². The van der Waals surface area contributed by atoms with Gasteiger partial charge in [-0.05, 0) is 12.0 Å². The van der Waals surface area contributed by atoms with Crippen LogP contribution < -0.4 is 11.1 Å². The summed E-state index contributed by atoms with van der Waals surface area (Å²) in [5, 5.41) is 12.0. The molecule has 1 aromatic rings. The molecule has 0 saturated heterocycles. The first-order valence-corrected chi connectivity index (χ1v) is 5.89. The van der Waals surface area contributed by atoms with Crippen molar-refractivity contribution in [1.29, 1.82) is 0 Å². The van der Waals surface area contributed by atoms with E-state index in [1.807, 2.05) is 30.3 Å². The van der Waals surface area contributed by atoms with Gasteiger partial charge in [0.15, 0.2) is 0 Å². The monoisotopic (exact) mass is 252 g/mol. The molecule has 5 heteroatoms. The number of benzene rings is 1. The van der Waals surface area contributed by atoms with Gasteiger partial charge in [0.05, 0.1) is 18.7 Å². The van der Waals surface area contributed by atoms with Crippen LogP contribution in [-0.4, -0.2) is 37.4 Å². The average molecular weight is 252 g/mol. The smallest absolute Gasteiger partial charge is 0.237 e. The number of carbonyl (C=O) groups excluding carboxylic acids is 1. The molecule has 4 N–H and O–H groups in total. The molecule has 0 heterocycles. The van der Waals surface area contributed by atoms with Gasteiger partial charge in [0.1, 0.15) is 0 Å². The molecular weight excluding hydrogens is 232 g/mol. The number of methoxy groups -OCH3 is 1. The number of hydrogen-bond donors (Lipinski definition) is 3. The lowest BCUT2D eigenvalue weighted by Gasteiger charge is -2.19. The Labute approximate surface area is 107 Å². The Bertz CT molecular complexity index is 357. The molecule has 0 aromatic heterocycles. The van der Waals surface area contributed by atoms with Crippen LogP contribution >= 0.6 is 0 Å². The summed E-state index contributed by atoms with van der Waals surface area (Å²) in [6.07, 6.45) is 0.454. The fraction of sp³-hybridized carbons (Fsp3) is 0.462. The molecule has 18 heavy (non-hydrogen) atoms. The number of nitrogens with one attached hydrogen (secondary N) is 1. The van der Waals surface area contributed by atoms with Crippen LogP contribution in [0.15, 0.2) is 30.3 Å². The van der Waals surface area contributed by atoms with Gasteiger partial charge >= 0.3 is 0 Å². The van der Waals surface area contributed by atoms with Crippen molar-refractivity contribution in [3.05, 3.63) is 35.9 Å². The molecule has 0 saturated carbocycles. The van der Waals surface area contributed by atoms with Crippen molar-refractivity contribution in [1.82, 2.24) is 5.32 Å². The molecule has 0 aliphatic rings. The Kier molecular flexibility index (Phi) is 6.35. The van der Waals surface area contributed by atoms with Crippen molar-refractivity contribution in [2.24, 2.45) is 5.73 Å². The molecule has 2 unspecified atom stereocenters. The topological polar surface area (TPSA) is 84.6 Å². The number of nitrogens with two attached hydrogens (primary N) is 1. The lowest BCUT2D eigenvalue weighted by molar-refractivity contribution is -0.123. The van der Waals surface area contributed by atoms with Crippen molar-refractivity contribution >= 4 is 5.91 Å². The number of amides is 1. The number of ether oxygens (including phenoxy) is 1. The molecule has 1 aromatic carbocycles. The average Bonchev–Trinajstić information content (AvgIpc) is 2.42. The standard InChI is InChI=1S/C13H20N2O3/c1-18-8-7-11(14)13(17)15-12(9-16)10-5-3-2-4-6-10/h2-6,11-12,16H,7-9,14H2,1H3,(H,15,17). The summed E-state index contributed by atoms with van der Waals surface area (Å²) in [6.45, 7) is 0.274. The highest BCUT2D eigenvalue weighted by Crippen LogP contribution is 2.11. The Balaban J connectivity index is 2.56. The fourth-order valence-electron chi connectivity index (χ4n) is 1.57. The minimum Gasteiger partial charge on any atom is -0.394 e. The van der Waals surface area contributed by atoms with Gasteiger partial charge in [-0.15, -0.1) is 0 Å². The lowest BCUT2D eigenvalue weighted by atomic mass is 10.1. The Hall–Kier alpha value is -1.43. The zero-order valence-electron chi connectivity index (χ0n) is 10.5. The van der Waals surface area contributed by atoms with Gasteiger partial charge in [0.2, 0.25) is 5.91 Å². The zero-order chi connectivity index (χ0) is 13.4. The third-order valence-electron chi connectivity index (χ3n) is 2.67. The predicted octanol–water partition coefficient (Wildman–Crippen LogP) is 0.200. The summed E-state index contributed by atoms with van der Waals surface area (Å²) >= 11 is 0. The molecule has 0 spiro atoms. The predicted molar refractivity (Wildman–Crippen MR) is 68.9 cm³/mol. The molecule has 1 amide bonds. The third kappa shape index (κ3) is 4.44. The van der Waals surface area contributed by atoms with Crippen LogP contribution in [-0.2, 0) is 9.53 Å². The molecule has 0 aliphatic carbocycles. The molecule has 0 radical (unpaired) electrons. The van der Waals surface area contributed by atoms with Crippen LogP contribution in [0.4, 0.5) is 0 Å². The van der Waals surface area contributed by atoms with E-state index in [0.717, 1.165) is 5.56 Å². The van der Waals surface area contributed by atoms with Gasteiger partial charge in [-0.25, -0.2) is 0 Å². The van der Waals surface area contributed by atoms with E-state index in [1.165, 1.54) is 0 Å². The minimum absolute atomic E-state index is 0.160. The van der Waals surface area contributed by atoms with Gasteiger partial charge in [0.25, 0.3) is 0 Å². The van der Waals surface area contributed by atoms with Crippen LogP contribution in [0.2, 0.25) is 0 Å². The van der Waals surface area contributed by atoms with E-state index < -0.39 is 12.1 Å². The fourth-order valence-corrected chi connectivity index (χ4v) is 1.57. The highest BCUT2D eigenvalue weighted by molar-refractivity contribution is 5.81. The summed E-state index contributed by atoms with van der Waals surface area (Å²) < 4.78 is 4.87. The highest BCUT2D eigenvalue weighted by atomic mass is 16.5. The van der Waals surface area contributed by atoms with Crippen molar-refractivity contribution in [3.63, 3.8) is 0 Å². The second kappa shape index (κ2) is 7.81. The van der Waals surface area contributed by atoms with E-state index in [1.54, 1.807) is 7.11 Å². The first-order valence-electron chi connectivity index (χ1n) is 5.89. The highest BCUT2D eigenvalue weighted by Gasteiger charge is 2.18. The summed E-state index contributed by atoms with van der Waals surface area (Å²) in [7, 11) is 1.56. The van der Waals surface area contributed by atoms with Crippen LogP contribution in [0.1, 0.15) is 18.0 Å². The molecule has 0 bridgehead atoms. The lowest BCUT2D eigenvalue weighted by Crippen LogP contribution is -2.43. The number of aliphatic hydroxyl groups excluding tert-OH is 1. The summed E-state index contributed by atoms with van der Waals surface area (Å²) in [4.78, 5) is 11.8. The molecule has 2 atom stereocenters. The normalized spacial score (nSPS) is 13.9. The number of hydrogen-bond acceptors (Lipinski definition) is 4. The van der Waals surface area contributed by atoms with E-state index in [2.05, 4.69) is 5.32 Å². The largest absolute Gasteiger partial charge is 0.394 e. The van der Waals surface area contributed by atoms with Gasteiger partial charge in [-0.2, -0.15) is 0 Å². The maximum absolute atomic E-state index is 11.8. The van der Waals surface area contributed by atoms with Crippen LogP contribution in [0.5, 0.6) is 0 Å². The zero-order valence-corrected chi connectivity index (χ0v) is 10.5. The SMILES string of the molecule is COCCC(N)C(=O)NC(CO)c1ccccc1. The van der Waals surface area contributed by atoms with E-state index >= 15 is 0 Å². The van der Waals surface area contributed by atoms with E-state index in [0.29, 0.717) is 13.0 Å². The number of carbonyl (C=O) groups is 1. The third-order valence-corrected chi connectivity index (χ3v) is 2.67. The summed E-state index contributed by atoms with van der Waals surface area (Å²) in [5.74, 6) is -0.282. The van der Waals surface area contributed by atoms with Crippen LogP contribution in [0.25, 0.3) is 0 Å². The molecule has 100 valence electrons. The van der Waals surface area contributed by atoms with Gasteiger partial charge < -0.3 is 20.9 Å². The first-order chi connectivity index (χ1) is 8.69. The molecule has 0 fully saturated rings. The molecule has 1 rings (SSSR count).